The van der Waals surface area contributed by atoms with E-state index >= 15 is 0 Å². The van der Waals surface area contributed by atoms with Crippen molar-refractivity contribution in [3.05, 3.63) is 0 Å². The van der Waals surface area contributed by atoms with Gasteiger partial charge in [0, 0.05) is 18.8 Å². The van der Waals surface area contributed by atoms with Crippen molar-refractivity contribution in [1.29, 1.82) is 0 Å². The summed E-state index contributed by atoms with van der Waals surface area (Å²) in [5.41, 5.74) is -0.310. The van der Waals surface area contributed by atoms with Gasteiger partial charge in [0.2, 0.25) is 0 Å². The minimum Gasteiger partial charge on any atom is -0.462 e. The number of fused-ring (bicyclic) bond motifs is 1. The molecule has 1 aliphatic carbocycles. The van der Waals surface area contributed by atoms with Crippen molar-refractivity contribution >= 4 is 11.9 Å². The molecule has 2 saturated heterocycles. The fourth-order valence-corrected chi connectivity index (χ4v) is 5.67. The van der Waals surface area contributed by atoms with Gasteiger partial charge in [-0.2, -0.15) is 0 Å². The lowest BCUT2D eigenvalue weighted by molar-refractivity contribution is -0.222. The maximum Gasteiger partial charge on any atom is 0.308 e. The molecule has 0 aromatic rings. The van der Waals surface area contributed by atoms with Crippen LogP contribution in [0.2, 0.25) is 0 Å². The third-order valence-electron chi connectivity index (χ3n) is 7.49. The van der Waals surface area contributed by atoms with Crippen LogP contribution in [0.15, 0.2) is 0 Å². The third-order valence-corrected chi connectivity index (χ3v) is 7.49. The average molecular weight is 425 g/mol. The van der Waals surface area contributed by atoms with E-state index in [2.05, 4.69) is 20.8 Å². The highest BCUT2D eigenvalue weighted by Gasteiger charge is 2.50. The largest absolute Gasteiger partial charge is 0.462 e. The van der Waals surface area contributed by atoms with E-state index in [0.29, 0.717) is 24.7 Å². The molecule has 172 valence electrons. The Morgan fingerprint density at radius 1 is 1.30 bits per heavy atom. The van der Waals surface area contributed by atoms with Crippen LogP contribution in [0.3, 0.4) is 0 Å². The van der Waals surface area contributed by atoms with E-state index in [9.17, 15) is 14.7 Å². The first-order valence-electron chi connectivity index (χ1n) is 11.9. The quantitative estimate of drug-likeness (QED) is 0.649. The highest BCUT2D eigenvalue weighted by Crippen LogP contribution is 2.48. The summed E-state index contributed by atoms with van der Waals surface area (Å²) >= 11 is 0. The van der Waals surface area contributed by atoms with Crippen molar-refractivity contribution in [2.45, 2.75) is 116 Å². The lowest BCUT2D eigenvalue weighted by Gasteiger charge is -2.52. The summed E-state index contributed by atoms with van der Waals surface area (Å²) in [7, 11) is 0. The van der Waals surface area contributed by atoms with Crippen LogP contribution in [0, 0.1) is 23.7 Å². The molecule has 2 aliphatic heterocycles. The van der Waals surface area contributed by atoms with Gasteiger partial charge in [0.05, 0.1) is 30.1 Å². The molecular formula is C24H40O6. The van der Waals surface area contributed by atoms with Crippen LogP contribution in [-0.2, 0) is 23.8 Å². The summed E-state index contributed by atoms with van der Waals surface area (Å²) < 4.78 is 18.0. The van der Waals surface area contributed by atoms with Crippen LogP contribution >= 0.6 is 0 Å². The minimum atomic E-state index is -0.601. The molecule has 2 heterocycles. The zero-order valence-electron chi connectivity index (χ0n) is 19.3. The van der Waals surface area contributed by atoms with Crippen LogP contribution < -0.4 is 0 Å². The molecule has 8 atom stereocenters. The second-order valence-electron chi connectivity index (χ2n) is 10.5. The summed E-state index contributed by atoms with van der Waals surface area (Å²) in [4.78, 5) is 24.3. The number of ether oxygens (including phenoxy) is 3. The van der Waals surface area contributed by atoms with Crippen molar-refractivity contribution in [2.24, 2.45) is 23.7 Å². The topological polar surface area (TPSA) is 82.1 Å². The molecule has 0 amide bonds. The first-order chi connectivity index (χ1) is 14.1. The minimum absolute atomic E-state index is 0.0872. The molecule has 6 heteroatoms. The number of hydrogen-bond donors (Lipinski definition) is 1. The van der Waals surface area contributed by atoms with Gasteiger partial charge in [-0.1, -0.05) is 20.8 Å². The van der Waals surface area contributed by atoms with Crippen molar-refractivity contribution in [1.82, 2.24) is 0 Å². The Balaban J connectivity index is 1.74. The highest BCUT2D eigenvalue weighted by molar-refractivity contribution is 5.72. The Bertz CT molecular complexity index is 617. The van der Waals surface area contributed by atoms with Crippen LogP contribution in [-0.4, -0.2) is 47.1 Å². The Hall–Kier alpha value is -1.14. The van der Waals surface area contributed by atoms with Gasteiger partial charge < -0.3 is 19.3 Å². The zero-order chi connectivity index (χ0) is 22.1. The van der Waals surface area contributed by atoms with E-state index in [0.717, 1.165) is 32.1 Å². The molecule has 0 aromatic carbocycles. The molecule has 0 spiro atoms. The molecule has 0 radical (unpaired) electrons. The summed E-state index contributed by atoms with van der Waals surface area (Å²) in [6.45, 7) is 10.4. The van der Waals surface area contributed by atoms with Gasteiger partial charge in [0.15, 0.2) is 0 Å². The number of carbonyl (C=O) groups is 2. The molecule has 0 bridgehead atoms. The van der Waals surface area contributed by atoms with Crippen LogP contribution in [0.5, 0.6) is 0 Å². The molecule has 3 fully saturated rings. The molecule has 6 nitrogen and oxygen atoms in total. The Morgan fingerprint density at radius 2 is 2.03 bits per heavy atom. The van der Waals surface area contributed by atoms with E-state index in [1.807, 2.05) is 13.8 Å². The number of rotatable bonds is 6. The fraction of sp³-hybridized carbons (Fsp3) is 0.917. The second-order valence-corrected chi connectivity index (χ2v) is 10.5. The number of carbonyl (C=O) groups excluding carboxylic acids is 2. The first kappa shape index (κ1) is 23.5. The van der Waals surface area contributed by atoms with Crippen LogP contribution in [0.25, 0.3) is 0 Å². The van der Waals surface area contributed by atoms with Crippen LogP contribution in [0.4, 0.5) is 0 Å². The molecule has 30 heavy (non-hydrogen) atoms. The van der Waals surface area contributed by atoms with Gasteiger partial charge >= 0.3 is 11.9 Å². The smallest absolute Gasteiger partial charge is 0.308 e. The van der Waals surface area contributed by atoms with Gasteiger partial charge in [0.25, 0.3) is 0 Å². The van der Waals surface area contributed by atoms with Crippen LogP contribution in [0.1, 0.15) is 86.0 Å². The highest BCUT2D eigenvalue weighted by atomic mass is 16.6. The predicted molar refractivity (Wildman–Crippen MR) is 113 cm³/mol. The SMILES string of the molecule is CCC(C)C(=O)OC1CC(C)(C)O[C@@H]2CCC(C)C(CCC3CC(O)CC(=O)O3)[C@@H]12. The Morgan fingerprint density at radius 3 is 2.70 bits per heavy atom. The average Bonchev–Trinajstić information content (AvgIpc) is 2.65. The van der Waals surface area contributed by atoms with Gasteiger partial charge in [0.1, 0.15) is 12.2 Å². The summed E-state index contributed by atoms with van der Waals surface area (Å²) in [5.74, 6) is 0.477. The molecule has 6 unspecified atom stereocenters. The molecular weight excluding hydrogens is 384 g/mol. The first-order valence-corrected chi connectivity index (χ1v) is 11.9. The molecule has 1 N–H and O–H groups in total. The van der Waals surface area contributed by atoms with E-state index in [-0.39, 0.29) is 54.1 Å². The fourth-order valence-electron chi connectivity index (χ4n) is 5.67. The van der Waals surface area contributed by atoms with E-state index < -0.39 is 6.10 Å². The standard InChI is InChI=1S/C24H40O6/c1-6-14(2)23(27)29-20-13-24(4,5)30-19-10-7-15(3)18(22(19)20)9-8-17-11-16(25)12-21(26)28-17/h14-20,22,25H,6-13H2,1-5H3/t14?,15?,16?,17?,18?,19-,20?,22-/m1/s1. The lowest BCUT2D eigenvalue weighted by Crippen LogP contribution is -2.56. The Kier molecular flexibility index (Phi) is 7.49. The molecule has 0 aromatic heterocycles. The molecule has 3 rings (SSSR count). The van der Waals surface area contributed by atoms with E-state index in [1.165, 1.54) is 0 Å². The molecule has 1 saturated carbocycles. The molecule has 3 aliphatic rings. The summed E-state index contributed by atoms with van der Waals surface area (Å²) in [6, 6.07) is 0. The number of esters is 2. The zero-order valence-corrected chi connectivity index (χ0v) is 19.3. The Labute approximate surface area is 181 Å². The van der Waals surface area contributed by atoms with E-state index in [1.54, 1.807) is 0 Å². The van der Waals surface area contributed by atoms with Crippen molar-refractivity contribution in [2.75, 3.05) is 0 Å². The summed E-state index contributed by atoms with van der Waals surface area (Å²) in [6.07, 6.45) is 4.88. The van der Waals surface area contributed by atoms with Gasteiger partial charge in [-0.15, -0.1) is 0 Å². The van der Waals surface area contributed by atoms with Gasteiger partial charge in [-0.25, -0.2) is 0 Å². The summed E-state index contributed by atoms with van der Waals surface area (Å²) in [5, 5.41) is 9.92. The maximum atomic E-state index is 12.6. The lowest BCUT2D eigenvalue weighted by atomic mass is 9.64. The maximum absolute atomic E-state index is 12.6. The monoisotopic (exact) mass is 424 g/mol. The van der Waals surface area contributed by atoms with E-state index in [4.69, 9.17) is 14.2 Å². The van der Waals surface area contributed by atoms with Crippen molar-refractivity contribution < 1.29 is 28.9 Å². The number of cyclic esters (lactones) is 1. The van der Waals surface area contributed by atoms with Gasteiger partial charge in [-0.3, -0.25) is 9.59 Å². The van der Waals surface area contributed by atoms with Crippen molar-refractivity contribution in [3.63, 3.8) is 0 Å². The van der Waals surface area contributed by atoms with Crippen molar-refractivity contribution in [3.8, 4) is 0 Å². The third kappa shape index (κ3) is 5.56. The number of aliphatic hydroxyl groups is 1. The normalized spacial score (nSPS) is 39.5. The predicted octanol–water partition coefficient (Wildman–Crippen LogP) is 4.02. The van der Waals surface area contributed by atoms with Gasteiger partial charge in [-0.05, 0) is 57.8 Å². The second kappa shape index (κ2) is 9.56. The number of aliphatic hydroxyl groups excluding tert-OH is 1. The number of hydrogen-bond acceptors (Lipinski definition) is 6.